The van der Waals surface area contributed by atoms with Crippen LogP contribution in [0.5, 0.6) is 0 Å². The van der Waals surface area contributed by atoms with Crippen LogP contribution >= 0.6 is 0 Å². The molecule has 3 aromatic rings. The summed E-state index contributed by atoms with van der Waals surface area (Å²) in [4.78, 5) is 21.7. The molecule has 1 aliphatic rings. The van der Waals surface area contributed by atoms with Gasteiger partial charge in [-0.3, -0.25) is 14.5 Å². The molecule has 32 heavy (non-hydrogen) atoms. The zero-order valence-electron chi connectivity index (χ0n) is 17.9. The van der Waals surface area contributed by atoms with Gasteiger partial charge in [0.05, 0.1) is 11.2 Å². The quantitative estimate of drug-likeness (QED) is 0.575. The lowest BCUT2D eigenvalue weighted by Gasteiger charge is -2.17. The Bertz CT molecular complexity index is 1250. The maximum absolute atomic E-state index is 13.0. The van der Waals surface area contributed by atoms with E-state index >= 15 is 0 Å². The Hall–Kier alpha value is -3.46. The van der Waals surface area contributed by atoms with Gasteiger partial charge in [0.25, 0.3) is 10.0 Å². The maximum atomic E-state index is 13.0. The smallest absolute Gasteiger partial charge is 0.263 e. The third kappa shape index (κ3) is 4.72. The first kappa shape index (κ1) is 21.8. The topological polar surface area (TPSA) is 105 Å². The van der Waals surface area contributed by atoms with Crippen molar-refractivity contribution in [1.29, 1.82) is 0 Å². The second kappa shape index (κ2) is 8.96. The number of aliphatic imine (C=N–C) groups is 1. The molecule has 0 spiro atoms. The van der Waals surface area contributed by atoms with Gasteiger partial charge in [0.1, 0.15) is 11.9 Å². The predicted molar refractivity (Wildman–Crippen MR) is 122 cm³/mol. The molecule has 8 nitrogen and oxygen atoms in total. The van der Waals surface area contributed by atoms with Crippen molar-refractivity contribution in [2.24, 2.45) is 10.9 Å². The molecule has 0 aliphatic carbocycles. The molecule has 0 bridgehead atoms. The number of hydrogen-bond donors (Lipinski definition) is 2. The SMILES string of the molecule is CC(C)[C@H](N=C1NS(=O)(=O)c2ccccc21)C(=O)NCc1cccc(Cn2ccnc2)c1. The van der Waals surface area contributed by atoms with Gasteiger partial charge in [0.2, 0.25) is 5.91 Å². The molecule has 1 aliphatic heterocycles. The Balaban J connectivity index is 1.48. The monoisotopic (exact) mass is 451 g/mol. The minimum absolute atomic E-state index is 0.118. The first-order chi connectivity index (χ1) is 15.3. The number of fused-ring (bicyclic) bond motifs is 1. The Morgan fingerprint density at radius 3 is 2.69 bits per heavy atom. The van der Waals surface area contributed by atoms with Crippen molar-refractivity contribution in [2.75, 3.05) is 0 Å². The predicted octanol–water partition coefficient (Wildman–Crippen LogP) is 2.31. The van der Waals surface area contributed by atoms with Crippen LogP contribution in [-0.4, -0.2) is 35.8 Å². The number of nitrogens with one attached hydrogen (secondary N) is 2. The van der Waals surface area contributed by atoms with Crippen molar-refractivity contribution in [3.05, 3.63) is 83.9 Å². The van der Waals surface area contributed by atoms with Crippen LogP contribution in [0.25, 0.3) is 0 Å². The van der Waals surface area contributed by atoms with Crippen molar-refractivity contribution >= 4 is 21.8 Å². The third-order valence-corrected chi connectivity index (χ3v) is 6.61. The number of benzene rings is 2. The van der Waals surface area contributed by atoms with E-state index in [2.05, 4.69) is 20.0 Å². The highest BCUT2D eigenvalue weighted by atomic mass is 32.2. The second-order valence-electron chi connectivity index (χ2n) is 8.04. The lowest BCUT2D eigenvalue weighted by atomic mass is 10.0. The summed E-state index contributed by atoms with van der Waals surface area (Å²) < 4.78 is 29.1. The molecule has 0 radical (unpaired) electrons. The summed E-state index contributed by atoms with van der Waals surface area (Å²) in [7, 11) is -3.65. The Kier molecular flexibility index (Phi) is 6.09. The van der Waals surface area contributed by atoms with Crippen molar-refractivity contribution in [2.45, 2.75) is 37.9 Å². The molecule has 1 aromatic heterocycles. The Labute approximate surface area is 187 Å². The van der Waals surface area contributed by atoms with Gasteiger partial charge in [-0.1, -0.05) is 50.2 Å². The molecule has 0 unspecified atom stereocenters. The van der Waals surface area contributed by atoms with Gasteiger partial charge < -0.3 is 9.88 Å². The highest BCUT2D eigenvalue weighted by Gasteiger charge is 2.32. The van der Waals surface area contributed by atoms with E-state index in [0.717, 1.165) is 11.1 Å². The average Bonchev–Trinajstić information content (AvgIpc) is 3.36. The van der Waals surface area contributed by atoms with Gasteiger partial charge in [-0.2, -0.15) is 0 Å². The molecule has 0 fully saturated rings. The Morgan fingerprint density at radius 2 is 1.94 bits per heavy atom. The van der Waals surface area contributed by atoms with Gasteiger partial charge in [-0.05, 0) is 29.2 Å². The molecule has 1 atom stereocenters. The van der Waals surface area contributed by atoms with Crippen molar-refractivity contribution in [3.63, 3.8) is 0 Å². The highest BCUT2D eigenvalue weighted by molar-refractivity contribution is 7.90. The average molecular weight is 452 g/mol. The first-order valence-electron chi connectivity index (χ1n) is 10.3. The molecule has 9 heteroatoms. The molecule has 0 saturated carbocycles. The zero-order valence-corrected chi connectivity index (χ0v) is 18.7. The van der Waals surface area contributed by atoms with Crippen LogP contribution in [-0.2, 0) is 27.9 Å². The molecule has 166 valence electrons. The van der Waals surface area contributed by atoms with E-state index in [9.17, 15) is 13.2 Å². The number of amides is 1. The number of aromatic nitrogens is 2. The maximum Gasteiger partial charge on any atom is 0.263 e. The van der Waals surface area contributed by atoms with Crippen molar-refractivity contribution in [1.82, 2.24) is 19.6 Å². The summed E-state index contributed by atoms with van der Waals surface area (Å²) in [6.07, 6.45) is 5.40. The number of amidine groups is 1. The second-order valence-corrected chi connectivity index (χ2v) is 9.69. The van der Waals surface area contributed by atoms with E-state index in [1.807, 2.05) is 48.9 Å². The fourth-order valence-corrected chi connectivity index (χ4v) is 4.84. The summed E-state index contributed by atoms with van der Waals surface area (Å²) in [5.74, 6) is -0.166. The molecule has 1 amide bonds. The van der Waals surface area contributed by atoms with E-state index in [4.69, 9.17) is 0 Å². The fourth-order valence-electron chi connectivity index (χ4n) is 3.60. The largest absolute Gasteiger partial charge is 0.350 e. The van der Waals surface area contributed by atoms with Crippen LogP contribution in [0.4, 0.5) is 0 Å². The van der Waals surface area contributed by atoms with Crippen LogP contribution in [0.1, 0.15) is 30.5 Å². The van der Waals surface area contributed by atoms with Crippen molar-refractivity contribution in [3.8, 4) is 0 Å². The normalized spacial score (nSPS) is 16.5. The summed E-state index contributed by atoms with van der Waals surface area (Å²) in [5, 5.41) is 2.94. The van der Waals surface area contributed by atoms with E-state index in [0.29, 0.717) is 18.7 Å². The molecule has 2 heterocycles. The number of rotatable bonds is 7. The van der Waals surface area contributed by atoms with Gasteiger partial charge in [0, 0.05) is 31.0 Å². The van der Waals surface area contributed by atoms with Crippen LogP contribution in [0.15, 0.2) is 77.1 Å². The van der Waals surface area contributed by atoms with E-state index in [1.54, 1.807) is 30.7 Å². The van der Waals surface area contributed by atoms with Crippen LogP contribution in [0, 0.1) is 5.92 Å². The summed E-state index contributed by atoms with van der Waals surface area (Å²) >= 11 is 0. The number of carbonyl (C=O) groups excluding carboxylic acids is 1. The van der Waals surface area contributed by atoms with Gasteiger partial charge in [-0.25, -0.2) is 13.4 Å². The minimum atomic E-state index is -3.65. The number of nitrogens with zero attached hydrogens (tertiary/aromatic N) is 3. The number of hydrogen-bond acceptors (Lipinski definition) is 5. The van der Waals surface area contributed by atoms with E-state index in [-0.39, 0.29) is 22.6 Å². The lowest BCUT2D eigenvalue weighted by Crippen LogP contribution is -2.38. The zero-order chi connectivity index (χ0) is 22.7. The molecular weight excluding hydrogens is 426 g/mol. The lowest BCUT2D eigenvalue weighted by molar-refractivity contribution is -0.123. The number of carbonyl (C=O) groups is 1. The third-order valence-electron chi connectivity index (χ3n) is 5.21. The van der Waals surface area contributed by atoms with Crippen molar-refractivity contribution < 1.29 is 13.2 Å². The molecule has 4 rings (SSSR count). The summed E-state index contributed by atoms with van der Waals surface area (Å²) in [5.41, 5.74) is 2.56. The molecule has 2 aromatic carbocycles. The number of imidazole rings is 1. The number of sulfonamides is 1. The van der Waals surface area contributed by atoms with E-state index in [1.165, 1.54) is 6.07 Å². The standard InChI is InChI=1S/C23H25N5O3S/c1-16(2)21(26-22-19-8-3-4-9-20(19)32(30,31)27-22)23(29)25-13-17-6-5-7-18(12-17)14-28-11-10-24-15-28/h3-12,15-16,21H,13-14H2,1-2H3,(H,25,29)(H,26,27)/t21-/m0/s1. The van der Waals surface area contributed by atoms with Gasteiger partial charge in [0.15, 0.2) is 0 Å². The Morgan fingerprint density at radius 1 is 1.16 bits per heavy atom. The van der Waals surface area contributed by atoms with Gasteiger partial charge >= 0.3 is 0 Å². The van der Waals surface area contributed by atoms with E-state index < -0.39 is 16.1 Å². The molecular formula is C23H25N5O3S. The summed E-state index contributed by atoms with van der Waals surface area (Å²) in [6, 6.07) is 13.9. The molecule has 0 saturated heterocycles. The van der Waals surface area contributed by atoms with Crippen LogP contribution in [0.2, 0.25) is 0 Å². The van der Waals surface area contributed by atoms with Crippen LogP contribution in [0.3, 0.4) is 0 Å². The summed E-state index contributed by atoms with van der Waals surface area (Å²) in [6.45, 7) is 4.82. The van der Waals surface area contributed by atoms with Crippen LogP contribution < -0.4 is 10.0 Å². The highest BCUT2D eigenvalue weighted by Crippen LogP contribution is 2.23. The first-order valence-corrected chi connectivity index (χ1v) is 11.8. The minimum Gasteiger partial charge on any atom is -0.350 e. The molecule has 2 N–H and O–H groups in total. The fraction of sp³-hybridized carbons (Fsp3) is 0.261. The van der Waals surface area contributed by atoms with Gasteiger partial charge in [-0.15, -0.1) is 0 Å².